The van der Waals surface area contributed by atoms with Crippen molar-refractivity contribution in [2.75, 3.05) is 11.9 Å². The van der Waals surface area contributed by atoms with Gasteiger partial charge in [-0.05, 0) is 56.7 Å². The van der Waals surface area contributed by atoms with Crippen LogP contribution in [0.5, 0.6) is 5.75 Å². The summed E-state index contributed by atoms with van der Waals surface area (Å²) in [7, 11) is 0. The van der Waals surface area contributed by atoms with Gasteiger partial charge >= 0.3 is 0 Å². The van der Waals surface area contributed by atoms with E-state index < -0.39 is 0 Å². The van der Waals surface area contributed by atoms with Crippen LogP contribution in [0.25, 0.3) is 0 Å². The maximum absolute atomic E-state index is 12.0. The number of anilines is 1. The van der Waals surface area contributed by atoms with Crippen LogP contribution in [0.3, 0.4) is 0 Å². The molecule has 5 heteroatoms. The predicted octanol–water partition coefficient (Wildman–Crippen LogP) is 4.83. The first-order chi connectivity index (χ1) is 11.8. The van der Waals surface area contributed by atoms with Gasteiger partial charge in [-0.25, -0.2) is 0 Å². The average Bonchev–Trinajstić information content (AvgIpc) is 2.55. The molecular weight excluding hydrogens is 380 g/mol. The molecule has 0 atom stereocenters. The molecule has 0 radical (unpaired) electrons. The van der Waals surface area contributed by atoms with Crippen molar-refractivity contribution in [3.8, 4) is 11.8 Å². The monoisotopic (exact) mass is 400 g/mol. The van der Waals surface area contributed by atoms with Gasteiger partial charge < -0.3 is 10.1 Å². The molecule has 4 nitrogen and oxygen atoms in total. The summed E-state index contributed by atoms with van der Waals surface area (Å²) in [4.78, 5) is 12.0. The molecular formula is C20H21BrN2O2. The van der Waals surface area contributed by atoms with E-state index in [4.69, 9.17) is 10.00 Å². The second kappa shape index (κ2) is 8.17. The molecule has 1 amide bonds. The van der Waals surface area contributed by atoms with Crippen molar-refractivity contribution in [2.24, 2.45) is 0 Å². The third kappa shape index (κ3) is 5.61. The van der Waals surface area contributed by atoms with Gasteiger partial charge in [-0.15, -0.1) is 0 Å². The zero-order chi connectivity index (χ0) is 18.4. The summed E-state index contributed by atoms with van der Waals surface area (Å²) in [5.41, 5.74) is 2.83. The smallest absolute Gasteiger partial charge is 0.262 e. The van der Waals surface area contributed by atoms with E-state index in [1.807, 2.05) is 30.3 Å². The highest BCUT2D eigenvalue weighted by Crippen LogP contribution is 2.31. The minimum Gasteiger partial charge on any atom is -0.483 e. The fourth-order valence-electron chi connectivity index (χ4n) is 2.22. The Morgan fingerprint density at radius 1 is 1.20 bits per heavy atom. The second-order valence-corrected chi connectivity index (χ2v) is 7.62. The summed E-state index contributed by atoms with van der Waals surface area (Å²) < 4.78 is 6.43. The molecule has 0 unspecified atom stereocenters. The number of nitrogens with zero attached hydrogens (tertiary/aromatic N) is 1. The van der Waals surface area contributed by atoms with Crippen LogP contribution in [0.15, 0.2) is 46.9 Å². The van der Waals surface area contributed by atoms with Crippen LogP contribution in [0, 0.1) is 11.3 Å². The third-order valence-corrected chi connectivity index (χ3v) is 4.30. The van der Waals surface area contributed by atoms with Crippen molar-refractivity contribution >= 4 is 27.5 Å². The minimum atomic E-state index is -0.236. The normalized spacial score (nSPS) is 10.8. The van der Waals surface area contributed by atoms with Gasteiger partial charge in [-0.2, -0.15) is 5.26 Å². The van der Waals surface area contributed by atoms with Crippen LogP contribution in [0.4, 0.5) is 5.69 Å². The molecule has 0 saturated carbocycles. The average molecular weight is 401 g/mol. The van der Waals surface area contributed by atoms with Crippen molar-refractivity contribution in [1.29, 1.82) is 5.26 Å². The number of amides is 1. The van der Waals surface area contributed by atoms with E-state index in [1.165, 1.54) is 5.56 Å². The van der Waals surface area contributed by atoms with Crippen LogP contribution in [-0.4, -0.2) is 12.5 Å². The quantitative estimate of drug-likeness (QED) is 0.781. The molecule has 2 aromatic rings. The molecule has 2 rings (SSSR count). The molecule has 130 valence electrons. The molecule has 0 aromatic heterocycles. The number of nitriles is 1. The van der Waals surface area contributed by atoms with Crippen LogP contribution in [-0.2, 0) is 16.6 Å². The number of hydrogen-bond donors (Lipinski definition) is 1. The molecule has 0 heterocycles. The lowest BCUT2D eigenvalue weighted by atomic mass is 9.87. The summed E-state index contributed by atoms with van der Waals surface area (Å²) in [5.74, 6) is 0.396. The molecule has 0 aliphatic rings. The Morgan fingerprint density at radius 2 is 1.88 bits per heavy atom. The number of halogens is 1. The maximum atomic E-state index is 12.0. The van der Waals surface area contributed by atoms with Crippen molar-refractivity contribution in [3.05, 3.63) is 58.1 Å². The zero-order valence-corrected chi connectivity index (χ0v) is 16.2. The van der Waals surface area contributed by atoms with E-state index in [1.54, 1.807) is 12.1 Å². The van der Waals surface area contributed by atoms with E-state index >= 15 is 0 Å². The van der Waals surface area contributed by atoms with Gasteiger partial charge in [0.15, 0.2) is 6.61 Å². The number of nitrogens with one attached hydrogen (secondary N) is 1. The SMILES string of the molecule is CC(C)(C)c1ccc(OCC(=O)Nc2ccc(CC#N)cc2)c(Br)c1. The minimum absolute atomic E-state index is 0.0517. The topological polar surface area (TPSA) is 62.1 Å². The number of carbonyl (C=O) groups is 1. The summed E-state index contributed by atoms with van der Waals surface area (Å²) in [6.07, 6.45) is 0.357. The van der Waals surface area contributed by atoms with E-state index in [0.717, 1.165) is 10.0 Å². The molecule has 1 N–H and O–H groups in total. The predicted molar refractivity (Wildman–Crippen MR) is 103 cm³/mol. The van der Waals surface area contributed by atoms with Gasteiger partial charge in [0.2, 0.25) is 0 Å². The Morgan fingerprint density at radius 3 is 2.44 bits per heavy atom. The summed E-state index contributed by atoms with van der Waals surface area (Å²) in [6, 6.07) is 15.2. The Kier molecular flexibility index (Phi) is 6.22. The third-order valence-electron chi connectivity index (χ3n) is 3.68. The van der Waals surface area contributed by atoms with E-state index in [0.29, 0.717) is 17.9 Å². The fourth-order valence-corrected chi connectivity index (χ4v) is 2.72. The number of rotatable bonds is 5. The molecule has 0 saturated heterocycles. The first-order valence-corrected chi connectivity index (χ1v) is 8.77. The number of ether oxygens (including phenoxy) is 1. The molecule has 25 heavy (non-hydrogen) atoms. The molecule has 0 fully saturated rings. The van der Waals surface area contributed by atoms with Gasteiger partial charge in [0.1, 0.15) is 5.75 Å². The standard InChI is InChI=1S/C20H21BrN2O2/c1-20(2,3)15-6-9-18(17(21)12-15)25-13-19(24)23-16-7-4-14(5-8-16)10-11-22/h4-9,12H,10,13H2,1-3H3,(H,23,24). The molecule has 0 bridgehead atoms. The van der Waals surface area contributed by atoms with Crippen LogP contribution >= 0.6 is 15.9 Å². The summed E-state index contributed by atoms with van der Waals surface area (Å²) >= 11 is 3.50. The lowest BCUT2D eigenvalue weighted by Crippen LogP contribution is -2.20. The molecule has 0 aliphatic heterocycles. The Hall–Kier alpha value is -2.32. The highest BCUT2D eigenvalue weighted by atomic mass is 79.9. The van der Waals surface area contributed by atoms with Crippen LogP contribution in [0.1, 0.15) is 31.9 Å². The first-order valence-electron chi connectivity index (χ1n) is 7.98. The van der Waals surface area contributed by atoms with E-state index in [-0.39, 0.29) is 17.9 Å². The van der Waals surface area contributed by atoms with Gasteiger partial charge in [0, 0.05) is 5.69 Å². The molecule has 0 aliphatic carbocycles. The van der Waals surface area contributed by atoms with E-state index in [9.17, 15) is 4.79 Å². The summed E-state index contributed by atoms with van der Waals surface area (Å²) in [5, 5.41) is 11.4. The lowest BCUT2D eigenvalue weighted by molar-refractivity contribution is -0.118. The van der Waals surface area contributed by atoms with Crippen molar-refractivity contribution in [1.82, 2.24) is 0 Å². The van der Waals surface area contributed by atoms with Crippen molar-refractivity contribution < 1.29 is 9.53 Å². The van der Waals surface area contributed by atoms with Crippen LogP contribution < -0.4 is 10.1 Å². The van der Waals surface area contributed by atoms with Gasteiger partial charge in [0.25, 0.3) is 5.91 Å². The zero-order valence-electron chi connectivity index (χ0n) is 14.6. The van der Waals surface area contributed by atoms with Gasteiger partial charge in [0.05, 0.1) is 17.0 Å². The van der Waals surface area contributed by atoms with Crippen molar-refractivity contribution in [2.45, 2.75) is 32.6 Å². The molecule has 2 aromatic carbocycles. The number of carbonyl (C=O) groups excluding carboxylic acids is 1. The largest absolute Gasteiger partial charge is 0.483 e. The number of benzene rings is 2. The first kappa shape index (κ1) is 19.0. The van der Waals surface area contributed by atoms with Crippen LogP contribution in [0.2, 0.25) is 0 Å². The number of hydrogen-bond acceptors (Lipinski definition) is 3. The Bertz CT molecular complexity index is 787. The van der Waals surface area contributed by atoms with Gasteiger partial charge in [-0.3, -0.25) is 4.79 Å². The fraction of sp³-hybridized carbons (Fsp3) is 0.300. The highest BCUT2D eigenvalue weighted by Gasteiger charge is 2.15. The Labute approximate surface area is 156 Å². The highest BCUT2D eigenvalue weighted by molar-refractivity contribution is 9.10. The molecule has 0 spiro atoms. The summed E-state index contributed by atoms with van der Waals surface area (Å²) in [6.45, 7) is 6.35. The van der Waals surface area contributed by atoms with E-state index in [2.05, 4.69) is 48.1 Å². The second-order valence-electron chi connectivity index (χ2n) is 6.76. The Balaban J connectivity index is 1.92. The van der Waals surface area contributed by atoms with Gasteiger partial charge in [-0.1, -0.05) is 39.0 Å². The lowest BCUT2D eigenvalue weighted by Gasteiger charge is -2.20. The maximum Gasteiger partial charge on any atom is 0.262 e. The van der Waals surface area contributed by atoms with Crippen molar-refractivity contribution in [3.63, 3.8) is 0 Å².